The maximum atomic E-state index is 5.59. The number of para-hydroxylation sites is 4. The fourth-order valence-electron chi connectivity index (χ4n) is 7.78. The van der Waals surface area contributed by atoms with E-state index in [0.29, 0.717) is 5.95 Å². The summed E-state index contributed by atoms with van der Waals surface area (Å²) in [5.41, 5.74) is 8.80. The molecule has 0 unspecified atom stereocenters. The molecule has 0 saturated heterocycles. The maximum Gasteiger partial charge on any atom is 0.236 e. The van der Waals surface area contributed by atoms with Crippen LogP contribution in [0.15, 0.2) is 133 Å². The summed E-state index contributed by atoms with van der Waals surface area (Å²) in [7, 11) is 0. The Bertz CT molecular complexity index is 2580. The van der Waals surface area contributed by atoms with Crippen molar-refractivity contribution in [3.63, 3.8) is 0 Å². The first-order chi connectivity index (χ1) is 22.1. The molecule has 4 nitrogen and oxygen atoms in total. The SMILES string of the molecule is CC1(C)c2cc3ccccc3cc2-c2c(-n3c4ccccc4c4ccccc43)nc(-n3c4ccccc4c4ccccc43)nc21. The molecule has 0 bridgehead atoms. The van der Waals surface area contributed by atoms with E-state index < -0.39 is 0 Å². The number of hydrogen-bond acceptors (Lipinski definition) is 2. The zero-order valence-corrected chi connectivity index (χ0v) is 25.0. The van der Waals surface area contributed by atoms with E-state index >= 15 is 0 Å². The van der Waals surface area contributed by atoms with Crippen LogP contribution >= 0.6 is 0 Å². The van der Waals surface area contributed by atoms with Gasteiger partial charge in [-0.25, -0.2) is 4.98 Å². The van der Waals surface area contributed by atoms with E-state index in [0.717, 1.165) is 39.1 Å². The van der Waals surface area contributed by atoms with Gasteiger partial charge in [0.15, 0.2) is 5.82 Å². The summed E-state index contributed by atoms with van der Waals surface area (Å²) >= 11 is 0. The summed E-state index contributed by atoms with van der Waals surface area (Å²) in [6.07, 6.45) is 0. The highest BCUT2D eigenvalue weighted by Gasteiger charge is 2.41. The molecule has 0 fully saturated rings. The Hall–Kier alpha value is -5.74. The Morgan fingerprint density at radius 1 is 0.489 bits per heavy atom. The maximum absolute atomic E-state index is 5.59. The molecule has 0 amide bonds. The number of fused-ring (bicyclic) bond motifs is 10. The van der Waals surface area contributed by atoms with E-state index in [2.05, 4.69) is 156 Å². The van der Waals surface area contributed by atoms with Gasteiger partial charge in [0.1, 0.15) is 0 Å². The van der Waals surface area contributed by atoms with Crippen LogP contribution in [-0.4, -0.2) is 19.1 Å². The molecule has 0 atom stereocenters. The van der Waals surface area contributed by atoms with E-state index in [1.54, 1.807) is 0 Å². The fraction of sp³-hybridized carbons (Fsp3) is 0.0732. The molecule has 0 saturated carbocycles. The molecule has 0 radical (unpaired) electrons. The Balaban J connectivity index is 1.41. The lowest BCUT2D eigenvalue weighted by atomic mass is 9.84. The third-order valence-electron chi connectivity index (χ3n) is 9.87. The molecule has 212 valence electrons. The molecule has 0 aliphatic heterocycles. The number of hydrogen-bond donors (Lipinski definition) is 0. The summed E-state index contributed by atoms with van der Waals surface area (Å²) in [5.74, 6) is 1.60. The van der Waals surface area contributed by atoms with Gasteiger partial charge >= 0.3 is 0 Å². The minimum absolute atomic E-state index is 0.335. The monoisotopic (exact) mass is 576 g/mol. The van der Waals surface area contributed by atoms with Crippen molar-refractivity contribution in [3.8, 4) is 22.9 Å². The molecule has 1 aliphatic rings. The first-order valence-electron chi connectivity index (χ1n) is 15.5. The molecule has 4 heteroatoms. The summed E-state index contributed by atoms with van der Waals surface area (Å²) < 4.78 is 4.61. The first kappa shape index (κ1) is 24.7. The molecule has 1 aliphatic carbocycles. The average molecular weight is 577 g/mol. The molecule has 0 spiro atoms. The lowest BCUT2D eigenvalue weighted by molar-refractivity contribution is 0.632. The topological polar surface area (TPSA) is 35.6 Å². The van der Waals surface area contributed by atoms with Crippen LogP contribution in [-0.2, 0) is 5.41 Å². The molecule has 0 N–H and O–H groups in total. The van der Waals surface area contributed by atoms with Crippen LogP contribution in [0.4, 0.5) is 0 Å². The van der Waals surface area contributed by atoms with Gasteiger partial charge in [-0.05, 0) is 58.3 Å². The van der Waals surface area contributed by atoms with Gasteiger partial charge in [-0.15, -0.1) is 0 Å². The lowest BCUT2D eigenvalue weighted by Gasteiger charge is -2.22. The summed E-state index contributed by atoms with van der Waals surface area (Å²) in [6.45, 7) is 4.62. The summed E-state index contributed by atoms with van der Waals surface area (Å²) in [6, 6.07) is 47.9. The molecule has 10 rings (SSSR count). The Labute approximate surface area is 259 Å². The summed E-state index contributed by atoms with van der Waals surface area (Å²) in [5, 5.41) is 7.30. The van der Waals surface area contributed by atoms with E-state index in [1.807, 2.05) is 0 Å². The zero-order chi connectivity index (χ0) is 29.9. The van der Waals surface area contributed by atoms with Crippen LogP contribution in [0.3, 0.4) is 0 Å². The second-order valence-corrected chi connectivity index (χ2v) is 12.7. The quantitative estimate of drug-likeness (QED) is 0.205. The normalized spacial score (nSPS) is 13.7. The third kappa shape index (κ3) is 3.21. The third-order valence-corrected chi connectivity index (χ3v) is 9.87. The largest absolute Gasteiger partial charge is 0.293 e. The van der Waals surface area contributed by atoms with E-state index in [-0.39, 0.29) is 5.41 Å². The van der Waals surface area contributed by atoms with Crippen molar-refractivity contribution in [2.45, 2.75) is 19.3 Å². The molecular weight excluding hydrogens is 548 g/mol. The first-order valence-corrected chi connectivity index (χ1v) is 15.5. The van der Waals surface area contributed by atoms with Crippen molar-refractivity contribution in [2.24, 2.45) is 0 Å². The van der Waals surface area contributed by atoms with E-state index in [1.165, 1.54) is 43.4 Å². The predicted octanol–water partition coefficient (Wildman–Crippen LogP) is 10.1. The van der Waals surface area contributed by atoms with Gasteiger partial charge in [-0.2, -0.15) is 4.98 Å². The zero-order valence-electron chi connectivity index (χ0n) is 25.0. The molecule has 6 aromatic carbocycles. The number of nitrogens with zero attached hydrogens (tertiary/aromatic N) is 4. The van der Waals surface area contributed by atoms with Crippen LogP contribution in [0.1, 0.15) is 25.1 Å². The van der Waals surface area contributed by atoms with E-state index in [9.17, 15) is 0 Å². The van der Waals surface area contributed by atoms with Gasteiger partial charge in [0.25, 0.3) is 0 Å². The minimum Gasteiger partial charge on any atom is -0.293 e. The highest BCUT2D eigenvalue weighted by atomic mass is 15.2. The molecular formula is C41H28N4. The fourth-order valence-corrected chi connectivity index (χ4v) is 7.78. The van der Waals surface area contributed by atoms with Crippen molar-refractivity contribution in [1.82, 2.24) is 19.1 Å². The van der Waals surface area contributed by atoms with Crippen molar-refractivity contribution in [1.29, 1.82) is 0 Å². The second kappa shape index (κ2) is 8.67. The summed E-state index contributed by atoms with van der Waals surface area (Å²) in [4.78, 5) is 11.1. The smallest absolute Gasteiger partial charge is 0.236 e. The highest BCUT2D eigenvalue weighted by Crippen LogP contribution is 2.52. The Morgan fingerprint density at radius 2 is 0.933 bits per heavy atom. The van der Waals surface area contributed by atoms with Gasteiger partial charge in [0, 0.05) is 32.5 Å². The Morgan fingerprint density at radius 3 is 1.47 bits per heavy atom. The van der Waals surface area contributed by atoms with Crippen molar-refractivity contribution >= 4 is 54.4 Å². The Kier molecular flexibility index (Phi) is 4.76. The van der Waals surface area contributed by atoms with Crippen LogP contribution in [0.25, 0.3) is 77.3 Å². The van der Waals surface area contributed by atoms with Crippen molar-refractivity contribution < 1.29 is 0 Å². The minimum atomic E-state index is -0.335. The predicted molar refractivity (Wildman–Crippen MR) is 186 cm³/mol. The number of rotatable bonds is 2. The molecule has 3 aromatic heterocycles. The van der Waals surface area contributed by atoms with Crippen molar-refractivity contribution in [2.75, 3.05) is 0 Å². The number of aromatic nitrogens is 4. The van der Waals surface area contributed by atoms with Gasteiger partial charge in [0.05, 0.1) is 27.8 Å². The van der Waals surface area contributed by atoms with Crippen LogP contribution in [0, 0.1) is 0 Å². The average Bonchev–Trinajstić information content (AvgIpc) is 3.67. The molecule has 9 aromatic rings. The molecule has 3 heterocycles. The van der Waals surface area contributed by atoms with Gasteiger partial charge in [-0.1, -0.05) is 111 Å². The van der Waals surface area contributed by atoms with E-state index in [4.69, 9.17) is 9.97 Å². The van der Waals surface area contributed by atoms with Gasteiger partial charge in [0.2, 0.25) is 5.95 Å². The van der Waals surface area contributed by atoms with Crippen LogP contribution < -0.4 is 0 Å². The lowest BCUT2D eigenvalue weighted by Crippen LogP contribution is -2.19. The highest BCUT2D eigenvalue weighted by molar-refractivity contribution is 6.11. The van der Waals surface area contributed by atoms with Gasteiger partial charge in [-0.3, -0.25) is 9.13 Å². The van der Waals surface area contributed by atoms with Crippen LogP contribution in [0.5, 0.6) is 0 Å². The van der Waals surface area contributed by atoms with Gasteiger partial charge < -0.3 is 0 Å². The van der Waals surface area contributed by atoms with Crippen molar-refractivity contribution in [3.05, 3.63) is 145 Å². The standard InChI is InChI=1S/C41H28N4/c1-41(2)32-24-26-14-4-3-13-25(26)23-31(32)37-38(41)42-40(45-35-21-11-7-17-29(35)30-18-8-12-22-36(30)45)43-39(37)44-33-19-9-5-15-27(33)28-16-6-10-20-34(28)44/h3-24H,1-2H3. The number of benzene rings is 6. The second-order valence-electron chi connectivity index (χ2n) is 12.7. The molecule has 45 heavy (non-hydrogen) atoms. The van der Waals surface area contributed by atoms with Crippen LogP contribution in [0.2, 0.25) is 0 Å².